The van der Waals surface area contributed by atoms with Crippen molar-refractivity contribution in [2.24, 2.45) is 5.16 Å². The minimum atomic E-state index is 0.789. The molecule has 2 rings (SSSR count). The standard InChI is InChI=1S/C9H10N2OS/c1-6-3-7(2)5-8(4-6)9-10-12-13-11-9/h3-5H,1-2H3,(H,10,11). The van der Waals surface area contributed by atoms with Crippen LogP contribution >= 0.6 is 12.2 Å². The number of amidine groups is 1. The lowest BCUT2D eigenvalue weighted by Gasteiger charge is -2.02. The molecule has 68 valence electrons. The number of rotatable bonds is 1. The van der Waals surface area contributed by atoms with Crippen molar-refractivity contribution in [2.45, 2.75) is 13.8 Å². The van der Waals surface area contributed by atoms with Gasteiger partial charge in [-0.05, 0) is 31.1 Å². The molecular weight excluding hydrogens is 184 g/mol. The van der Waals surface area contributed by atoms with E-state index in [2.05, 4.69) is 41.9 Å². The maximum Gasteiger partial charge on any atom is 0.208 e. The Bertz CT molecular complexity index is 342. The zero-order valence-corrected chi connectivity index (χ0v) is 8.31. The summed E-state index contributed by atoms with van der Waals surface area (Å²) in [7, 11) is 0. The van der Waals surface area contributed by atoms with Gasteiger partial charge in [0.2, 0.25) is 12.2 Å². The van der Waals surface area contributed by atoms with Crippen LogP contribution < -0.4 is 4.72 Å². The predicted octanol–water partition coefficient (Wildman–Crippen LogP) is 2.15. The van der Waals surface area contributed by atoms with Crippen molar-refractivity contribution >= 4 is 18.1 Å². The normalized spacial score (nSPS) is 14.8. The Morgan fingerprint density at radius 2 is 1.92 bits per heavy atom. The van der Waals surface area contributed by atoms with E-state index in [4.69, 9.17) is 4.28 Å². The van der Waals surface area contributed by atoms with Crippen LogP contribution in [0.1, 0.15) is 16.7 Å². The number of hydrogen-bond acceptors (Lipinski definition) is 4. The van der Waals surface area contributed by atoms with Gasteiger partial charge in [-0.1, -0.05) is 17.2 Å². The van der Waals surface area contributed by atoms with Gasteiger partial charge >= 0.3 is 0 Å². The van der Waals surface area contributed by atoms with Gasteiger partial charge in [0.25, 0.3) is 0 Å². The summed E-state index contributed by atoms with van der Waals surface area (Å²) in [4.78, 5) is 0. The van der Waals surface area contributed by atoms with E-state index in [1.54, 1.807) is 0 Å². The molecule has 1 aromatic rings. The number of hydrogen-bond donors (Lipinski definition) is 1. The van der Waals surface area contributed by atoms with E-state index in [1.807, 2.05) is 0 Å². The molecule has 1 aromatic carbocycles. The van der Waals surface area contributed by atoms with Crippen molar-refractivity contribution in [3.05, 3.63) is 34.9 Å². The van der Waals surface area contributed by atoms with Crippen molar-refractivity contribution in [1.82, 2.24) is 4.72 Å². The Labute approximate surface area is 81.5 Å². The average molecular weight is 194 g/mol. The highest BCUT2D eigenvalue weighted by molar-refractivity contribution is 7.93. The van der Waals surface area contributed by atoms with Gasteiger partial charge in [0.15, 0.2) is 5.84 Å². The molecule has 0 bridgehead atoms. The quantitative estimate of drug-likeness (QED) is 0.549. The maximum atomic E-state index is 4.78. The van der Waals surface area contributed by atoms with Gasteiger partial charge in [-0.25, -0.2) is 0 Å². The first-order chi connectivity index (χ1) is 6.25. The molecule has 0 aliphatic carbocycles. The molecule has 0 aromatic heterocycles. The van der Waals surface area contributed by atoms with Crippen molar-refractivity contribution in [2.75, 3.05) is 0 Å². The first kappa shape index (κ1) is 8.44. The van der Waals surface area contributed by atoms with E-state index >= 15 is 0 Å². The van der Waals surface area contributed by atoms with E-state index in [0.717, 1.165) is 23.6 Å². The Morgan fingerprint density at radius 1 is 1.23 bits per heavy atom. The van der Waals surface area contributed by atoms with E-state index in [9.17, 15) is 0 Å². The summed E-state index contributed by atoms with van der Waals surface area (Å²) in [6, 6.07) is 6.29. The maximum absolute atomic E-state index is 4.78. The molecule has 0 spiro atoms. The molecule has 13 heavy (non-hydrogen) atoms. The molecule has 1 aliphatic heterocycles. The highest BCUT2D eigenvalue weighted by atomic mass is 32.2. The van der Waals surface area contributed by atoms with Gasteiger partial charge in [0.1, 0.15) is 0 Å². The molecule has 4 heteroatoms. The lowest BCUT2D eigenvalue weighted by atomic mass is 10.1. The fraction of sp³-hybridized carbons (Fsp3) is 0.222. The van der Waals surface area contributed by atoms with Crippen LogP contribution in [0.5, 0.6) is 0 Å². The molecule has 0 saturated carbocycles. The summed E-state index contributed by atoms with van der Waals surface area (Å²) in [5, 5.41) is 3.86. The number of aryl methyl sites for hydroxylation is 2. The van der Waals surface area contributed by atoms with Crippen molar-refractivity contribution in [3.8, 4) is 0 Å². The molecule has 0 amide bonds. The molecule has 1 heterocycles. The molecule has 1 N–H and O–H groups in total. The van der Waals surface area contributed by atoms with E-state index < -0.39 is 0 Å². The van der Waals surface area contributed by atoms with E-state index in [1.165, 1.54) is 11.1 Å². The first-order valence-electron chi connectivity index (χ1n) is 4.01. The molecule has 1 aliphatic rings. The number of nitrogens with zero attached hydrogens (tertiary/aromatic N) is 1. The van der Waals surface area contributed by atoms with Crippen LogP contribution in [0.25, 0.3) is 0 Å². The van der Waals surface area contributed by atoms with Crippen LogP contribution in [0.4, 0.5) is 0 Å². The topological polar surface area (TPSA) is 33.6 Å². The zero-order chi connectivity index (χ0) is 9.26. The van der Waals surface area contributed by atoms with Crippen LogP contribution in [0.2, 0.25) is 0 Å². The Balaban J connectivity index is 2.39. The Morgan fingerprint density at radius 3 is 2.46 bits per heavy atom. The van der Waals surface area contributed by atoms with Gasteiger partial charge < -0.3 is 0 Å². The van der Waals surface area contributed by atoms with Gasteiger partial charge in [0.05, 0.1) is 0 Å². The second-order valence-electron chi connectivity index (χ2n) is 3.08. The fourth-order valence-corrected chi connectivity index (χ4v) is 1.74. The molecule has 0 fully saturated rings. The summed E-state index contributed by atoms with van der Waals surface area (Å²) in [5.41, 5.74) is 3.54. The summed E-state index contributed by atoms with van der Waals surface area (Å²) < 4.78 is 7.76. The summed E-state index contributed by atoms with van der Waals surface area (Å²) in [5.74, 6) is 0.789. The van der Waals surface area contributed by atoms with Crippen LogP contribution in [-0.2, 0) is 4.28 Å². The van der Waals surface area contributed by atoms with Crippen molar-refractivity contribution < 1.29 is 4.28 Å². The van der Waals surface area contributed by atoms with Gasteiger partial charge in [-0.3, -0.25) is 9.01 Å². The highest BCUT2D eigenvalue weighted by Crippen LogP contribution is 2.15. The number of nitrogens with one attached hydrogen (secondary N) is 1. The van der Waals surface area contributed by atoms with Gasteiger partial charge in [0, 0.05) is 5.56 Å². The monoisotopic (exact) mass is 194 g/mol. The fourth-order valence-electron chi connectivity index (χ4n) is 1.36. The third kappa shape index (κ3) is 1.78. The minimum absolute atomic E-state index is 0.789. The largest absolute Gasteiger partial charge is 0.297 e. The zero-order valence-electron chi connectivity index (χ0n) is 7.50. The molecular formula is C9H10N2OS. The van der Waals surface area contributed by atoms with Crippen molar-refractivity contribution in [1.29, 1.82) is 0 Å². The smallest absolute Gasteiger partial charge is 0.208 e. The molecule has 0 radical (unpaired) electrons. The van der Waals surface area contributed by atoms with Crippen molar-refractivity contribution in [3.63, 3.8) is 0 Å². The van der Waals surface area contributed by atoms with Gasteiger partial charge in [-0.15, -0.1) is 0 Å². The van der Waals surface area contributed by atoms with Gasteiger partial charge in [-0.2, -0.15) is 0 Å². The molecule has 0 atom stereocenters. The van der Waals surface area contributed by atoms with Crippen LogP contribution in [0, 0.1) is 13.8 Å². The predicted molar refractivity (Wildman–Crippen MR) is 54.3 cm³/mol. The van der Waals surface area contributed by atoms with E-state index in [-0.39, 0.29) is 0 Å². The number of oxime groups is 1. The van der Waals surface area contributed by atoms with Crippen LogP contribution in [0.3, 0.4) is 0 Å². The minimum Gasteiger partial charge on any atom is -0.297 e. The van der Waals surface area contributed by atoms with E-state index in [0.29, 0.717) is 0 Å². The molecule has 0 saturated heterocycles. The summed E-state index contributed by atoms with van der Waals surface area (Å²) in [6.45, 7) is 4.14. The third-order valence-corrected chi connectivity index (χ3v) is 2.23. The molecule has 0 unspecified atom stereocenters. The van der Waals surface area contributed by atoms with Crippen LogP contribution in [-0.4, -0.2) is 5.84 Å². The first-order valence-corrected chi connectivity index (χ1v) is 4.75. The average Bonchev–Trinajstić information content (AvgIpc) is 2.53. The lowest BCUT2D eigenvalue weighted by molar-refractivity contribution is 0.416. The van der Waals surface area contributed by atoms with Crippen LogP contribution in [0.15, 0.2) is 23.4 Å². The Hall–Kier alpha value is -1.16. The Kier molecular flexibility index (Phi) is 2.14. The second-order valence-corrected chi connectivity index (χ2v) is 3.60. The second kappa shape index (κ2) is 3.30. The third-order valence-electron chi connectivity index (χ3n) is 1.80. The summed E-state index contributed by atoms with van der Waals surface area (Å²) in [6.07, 6.45) is 0. The molecule has 3 nitrogen and oxygen atoms in total. The highest BCUT2D eigenvalue weighted by Gasteiger charge is 2.11. The lowest BCUT2D eigenvalue weighted by Crippen LogP contribution is -2.12. The number of benzene rings is 1. The SMILES string of the molecule is Cc1cc(C)cc(C2=NOSN2)c1. The summed E-state index contributed by atoms with van der Waals surface area (Å²) >= 11 is 1.14.